The van der Waals surface area contributed by atoms with Crippen LogP contribution in [0.4, 0.5) is 0 Å². The minimum Gasteiger partial charge on any atom is -0.310 e. The Bertz CT molecular complexity index is 393. The maximum atomic E-state index is 3.66. The molecule has 0 spiro atoms. The van der Waals surface area contributed by atoms with Crippen molar-refractivity contribution in [2.75, 3.05) is 0 Å². The van der Waals surface area contributed by atoms with Gasteiger partial charge >= 0.3 is 0 Å². The van der Waals surface area contributed by atoms with Gasteiger partial charge in [0.2, 0.25) is 0 Å². The number of rotatable bonds is 7. The van der Waals surface area contributed by atoms with Crippen LogP contribution in [0.5, 0.6) is 0 Å². The van der Waals surface area contributed by atoms with Crippen molar-refractivity contribution in [3.05, 3.63) is 34.4 Å². The lowest BCUT2D eigenvalue weighted by molar-refractivity contribution is 0.457. The molecule has 1 aromatic carbocycles. The first-order valence-corrected chi connectivity index (χ1v) is 7.70. The van der Waals surface area contributed by atoms with Crippen molar-refractivity contribution in [2.24, 2.45) is 5.92 Å². The van der Waals surface area contributed by atoms with Crippen LogP contribution >= 0.6 is 0 Å². The van der Waals surface area contributed by atoms with Gasteiger partial charge in [-0.05, 0) is 62.3 Å². The van der Waals surface area contributed by atoms with Gasteiger partial charge in [0.1, 0.15) is 0 Å². The summed E-state index contributed by atoms with van der Waals surface area (Å²) in [5.41, 5.74) is 5.64. The molecule has 0 fully saturated rings. The van der Waals surface area contributed by atoms with Gasteiger partial charge in [-0.25, -0.2) is 0 Å². The predicted molar refractivity (Wildman–Crippen MR) is 85.6 cm³/mol. The summed E-state index contributed by atoms with van der Waals surface area (Å²) in [6.45, 7) is 14.5. The van der Waals surface area contributed by atoms with E-state index in [2.05, 4.69) is 59.0 Å². The molecule has 1 unspecified atom stereocenters. The van der Waals surface area contributed by atoms with Crippen LogP contribution in [0.15, 0.2) is 12.1 Å². The molecule has 1 heteroatoms. The fourth-order valence-corrected chi connectivity index (χ4v) is 2.43. The van der Waals surface area contributed by atoms with Crippen LogP contribution in [0, 0.1) is 26.7 Å². The molecule has 1 nitrogen and oxygen atoms in total. The van der Waals surface area contributed by atoms with Crippen molar-refractivity contribution in [3.8, 4) is 0 Å². The predicted octanol–water partition coefficient (Wildman–Crippen LogP) is 4.92. The summed E-state index contributed by atoms with van der Waals surface area (Å²) in [7, 11) is 0. The Morgan fingerprint density at radius 1 is 0.895 bits per heavy atom. The second-order valence-electron chi connectivity index (χ2n) is 6.47. The van der Waals surface area contributed by atoms with Crippen LogP contribution in [0.3, 0.4) is 0 Å². The SMILES string of the molecule is Cc1cc(C)c(CNC(C)CCCC(C)C)cc1C. The molecule has 108 valence electrons. The van der Waals surface area contributed by atoms with E-state index in [1.807, 2.05) is 0 Å². The van der Waals surface area contributed by atoms with Gasteiger partial charge in [0.25, 0.3) is 0 Å². The zero-order valence-electron chi connectivity index (χ0n) is 13.6. The Balaban J connectivity index is 2.42. The third-order valence-electron chi connectivity index (χ3n) is 4.01. The van der Waals surface area contributed by atoms with Gasteiger partial charge in [0.15, 0.2) is 0 Å². The monoisotopic (exact) mass is 261 g/mol. The van der Waals surface area contributed by atoms with Gasteiger partial charge < -0.3 is 5.32 Å². The van der Waals surface area contributed by atoms with Crippen LogP contribution in [-0.2, 0) is 6.54 Å². The van der Waals surface area contributed by atoms with E-state index in [1.165, 1.54) is 41.5 Å². The van der Waals surface area contributed by atoms with Crippen molar-refractivity contribution >= 4 is 0 Å². The first-order valence-electron chi connectivity index (χ1n) is 7.70. The summed E-state index contributed by atoms with van der Waals surface area (Å²) in [6, 6.07) is 5.24. The molecule has 0 aliphatic rings. The molecule has 0 saturated heterocycles. The summed E-state index contributed by atoms with van der Waals surface area (Å²) >= 11 is 0. The van der Waals surface area contributed by atoms with Crippen LogP contribution in [0.1, 0.15) is 62.3 Å². The number of hydrogen-bond acceptors (Lipinski definition) is 1. The van der Waals surface area contributed by atoms with E-state index in [1.54, 1.807) is 0 Å². The molecule has 0 radical (unpaired) electrons. The number of hydrogen-bond donors (Lipinski definition) is 1. The van der Waals surface area contributed by atoms with Crippen molar-refractivity contribution in [1.29, 1.82) is 0 Å². The average Bonchev–Trinajstić information content (AvgIpc) is 2.31. The van der Waals surface area contributed by atoms with E-state index in [0.29, 0.717) is 6.04 Å². The molecular formula is C18H31N. The van der Waals surface area contributed by atoms with E-state index >= 15 is 0 Å². The van der Waals surface area contributed by atoms with Gasteiger partial charge in [0, 0.05) is 12.6 Å². The number of aryl methyl sites for hydroxylation is 3. The Labute approximate surface area is 119 Å². The standard InChI is InChI=1S/C18H31N/c1-13(2)8-7-9-17(6)19-12-18-11-15(4)14(3)10-16(18)5/h10-11,13,17,19H,7-9,12H2,1-6H3. The molecular weight excluding hydrogens is 230 g/mol. The molecule has 1 atom stereocenters. The van der Waals surface area contributed by atoms with E-state index in [4.69, 9.17) is 0 Å². The Morgan fingerprint density at radius 2 is 1.53 bits per heavy atom. The van der Waals surface area contributed by atoms with Crippen molar-refractivity contribution in [3.63, 3.8) is 0 Å². The Kier molecular flexibility index (Phi) is 6.57. The minimum atomic E-state index is 0.611. The molecule has 1 aromatic rings. The molecule has 0 aliphatic carbocycles. The first-order chi connectivity index (χ1) is 8.90. The molecule has 0 aliphatic heterocycles. The van der Waals surface area contributed by atoms with Gasteiger partial charge in [-0.2, -0.15) is 0 Å². The highest BCUT2D eigenvalue weighted by Gasteiger charge is 2.05. The fourth-order valence-electron chi connectivity index (χ4n) is 2.43. The minimum absolute atomic E-state index is 0.611. The van der Waals surface area contributed by atoms with E-state index in [0.717, 1.165) is 12.5 Å². The number of benzene rings is 1. The summed E-state index contributed by atoms with van der Waals surface area (Å²) < 4.78 is 0. The molecule has 1 N–H and O–H groups in total. The quantitative estimate of drug-likeness (QED) is 0.735. The zero-order valence-corrected chi connectivity index (χ0v) is 13.6. The normalized spacial score (nSPS) is 13.0. The fraction of sp³-hybridized carbons (Fsp3) is 0.667. The van der Waals surface area contributed by atoms with Gasteiger partial charge in [-0.15, -0.1) is 0 Å². The molecule has 0 heterocycles. The molecule has 0 bridgehead atoms. The third kappa shape index (κ3) is 5.78. The Hall–Kier alpha value is -0.820. The lowest BCUT2D eigenvalue weighted by Crippen LogP contribution is -2.25. The average molecular weight is 261 g/mol. The zero-order chi connectivity index (χ0) is 14.4. The molecule has 0 saturated carbocycles. The van der Waals surface area contributed by atoms with E-state index in [-0.39, 0.29) is 0 Å². The maximum absolute atomic E-state index is 3.66. The van der Waals surface area contributed by atoms with E-state index < -0.39 is 0 Å². The highest BCUT2D eigenvalue weighted by molar-refractivity contribution is 5.36. The summed E-state index contributed by atoms with van der Waals surface area (Å²) in [4.78, 5) is 0. The maximum Gasteiger partial charge on any atom is 0.0210 e. The van der Waals surface area contributed by atoms with Crippen molar-refractivity contribution in [1.82, 2.24) is 5.32 Å². The lowest BCUT2D eigenvalue weighted by atomic mass is 10.00. The summed E-state index contributed by atoms with van der Waals surface area (Å²) in [5.74, 6) is 0.828. The second-order valence-corrected chi connectivity index (χ2v) is 6.47. The van der Waals surface area contributed by atoms with Crippen molar-refractivity contribution in [2.45, 2.75) is 73.4 Å². The smallest absolute Gasteiger partial charge is 0.0210 e. The number of nitrogens with one attached hydrogen (secondary N) is 1. The van der Waals surface area contributed by atoms with Gasteiger partial charge in [0.05, 0.1) is 0 Å². The molecule has 1 rings (SSSR count). The van der Waals surface area contributed by atoms with Gasteiger partial charge in [-0.3, -0.25) is 0 Å². The highest BCUT2D eigenvalue weighted by atomic mass is 14.9. The van der Waals surface area contributed by atoms with Crippen molar-refractivity contribution < 1.29 is 0 Å². The lowest BCUT2D eigenvalue weighted by Gasteiger charge is -2.16. The van der Waals surface area contributed by atoms with Crippen LogP contribution < -0.4 is 5.32 Å². The highest BCUT2D eigenvalue weighted by Crippen LogP contribution is 2.16. The molecule has 0 amide bonds. The van der Waals surface area contributed by atoms with Crippen LogP contribution in [0.2, 0.25) is 0 Å². The molecule has 19 heavy (non-hydrogen) atoms. The summed E-state index contributed by atoms with van der Waals surface area (Å²) in [5, 5.41) is 3.66. The summed E-state index contributed by atoms with van der Waals surface area (Å²) in [6.07, 6.45) is 3.95. The van der Waals surface area contributed by atoms with Crippen LogP contribution in [0.25, 0.3) is 0 Å². The first kappa shape index (κ1) is 16.2. The van der Waals surface area contributed by atoms with E-state index in [9.17, 15) is 0 Å². The Morgan fingerprint density at radius 3 is 2.16 bits per heavy atom. The third-order valence-corrected chi connectivity index (χ3v) is 4.01. The topological polar surface area (TPSA) is 12.0 Å². The second kappa shape index (κ2) is 7.69. The van der Waals surface area contributed by atoms with Crippen LogP contribution in [-0.4, -0.2) is 6.04 Å². The van der Waals surface area contributed by atoms with Gasteiger partial charge in [-0.1, -0.05) is 38.8 Å². The largest absolute Gasteiger partial charge is 0.310 e. The molecule has 0 aromatic heterocycles.